The van der Waals surface area contributed by atoms with Crippen LogP contribution in [0, 0.1) is 13.8 Å². The average molecular weight is 424 g/mol. The summed E-state index contributed by atoms with van der Waals surface area (Å²) in [5.74, 6) is 0.533. The van der Waals surface area contributed by atoms with Crippen molar-refractivity contribution in [2.75, 3.05) is 25.7 Å². The molecule has 8 nitrogen and oxygen atoms in total. The van der Waals surface area contributed by atoms with Crippen LogP contribution in [0.2, 0.25) is 0 Å². The summed E-state index contributed by atoms with van der Waals surface area (Å²) in [7, 11) is 3.10. The van der Waals surface area contributed by atoms with Crippen LogP contribution in [0.1, 0.15) is 27.4 Å². The first-order valence-electron chi connectivity index (χ1n) is 9.62. The molecule has 0 unspecified atom stereocenters. The van der Waals surface area contributed by atoms with Crippen LogP contribution in [0.15, 0.2) is 53.1 Å². The molecule has 31 heavy (non-hydrogen) atoms. The first-order valence-corrected chi connectivity index (χ1v) is 9.62. The van der Waals surface area contributed by atoms with Crippen molar-refractivity contribution in [3.8, 4) is 11.5 Å². The SMILES string of the molecule is COc1cc(C(=O)OCC(=O)N(C)c2ccccc2)ccc1OCc1c(C)noc1C. The van der Waals surface area contributed by atoms with Crippen molar-refractivity contribution < 1.29 is 28.3 Å². The van der Waals surface area contributed by atoms with Gasteiger partial charge in [0.15, 0.2) is 18.1 Å². The number of anilines is 1. The second-order valence-electron chi connectivity index (χ2n) is 6.82. The molecule has 3 aromatic rings. The zero-order valence-corrected chi connectivity index (χ0v) is 17.9. The monoisotopic (exact) mass is 424 g/mol. The first kappa shape index (κ1) is 21.9. The van der Waals surface area contributed by atoms with E-state index in [4.69, 9.17) is 18.7 Å². The van der Waals surface area contributed by atoms with E-state index >= 15 is 0 Å². The molecule has 1 aromatic heterocycles. The van der Waals surface area contributed by atoms with E-state index in [2.05, 4.69) is 5.16 Å². The van der Waals surface area contributed by atoms with Crippen LogP contribution in [-0.4, -0.2) is 37.8 Å². The van der Waals surface area contributed by atoms with Crippen LogP contribution in [0.5, 0.6) is 11.5 Å². The summed E-state index contributed by atoms with van der Waals surface area (Å²) < 4.78 is 21.5. The number of benzene rings is 2. The summed E-state index contributed by atoms with van der Waals surface area (Å²) in [5.41, 5.74) is 2.56. The van der Waals surface area contributed by atoms with E-state index < -0.39 is 5.97 Å². The molecule has 0 aliphatic heterocycles. The lowest BCUT2D eigenvalue weighted by atomic mass is 10.2. The van der Waals surface area contributed by atoms with Crippen molar-refractivity contribution in [3.05, 3.63) is 71.1 Å². The summed E-state index contributed by atoms with van der Waals surface area (Å²) in [6.45, 7) is 3.52. The van der Waals surface area contributed by atoms with Crippen LogP contribution < -0.4 is 14.4 Å². The van der Waals surface area contributed by atoms with Gasteiger partial charge < -0.3 is 23.6 Å². The Morgan fingerprint density at radius 2 is 1.81 bits per heavy atom. The number of methoxy groups -OCH3 is 1. The molecule has 0 radical (unpaired) electrons. The van der Waals surface area contributed by atoms with Crippen molar-refractivity contribution in [1.82, 2.24) is 5.16 Å². The number of carbonyl (C=O) groups excluding carboxylic acids is 2. The molecule has 2 aromatic carbocycles. The van der Waals surface area contributed by atoms with Gasteiger partial charge in [-0.3, -0.25) is 4.79 Å². The van der Waals surface area contributed by atoms with Crippen LogP contribution in [0.25, 0.3) is 0 Å². The topological polar surface area (TPSA) is 91.1 Å². The third kappa shape index (κ3) is 5.22. The number of aromatic nitrogens is 1. The Bertz CT molecular complexity index is 1040. The van der Waals surface area contributed by atoms with E-state index in [0.29, 0.717) is 22.9 Å². The van der Waals surface area contributed by atoms with E-state index in [1.807, 2.05) is 32.0 Å². The number of hydrogen-bond donors (Lipinski definition) is 0. The molecule has 1 amide bonds. The summed E-state index contributed by atoms with van der Waals surface area (Å²) in [5, 5.41) is 3.90. The van der Waals surface area contributed by atoms with Crippen LogP contribution in [0.3, 0.4) is 0 Å². The van der Waals surface area contributed by atoms with Crippen LogP contribution in [0.4, 0.5) is 5.69 Å². The lowest BCUT2D eigenvalue weighted by molar-refractivity contribution is -0.121. The summed E-state index contributed by atoms with van der Waals surface area (Å²) in [4.78, 5) is 26.1. The second-order valence-corrected chi connectivity index (χ2v) is 6.82. The molecule has 162 valence electrons. The van der Waals surface area contributed by atoms with Gasteiger partial charge in [0.2, 0.25) is 0 Å². The van der Waals surface area contributed by atoms with Crippen molar-refractivity contribution in [2.45, 2.75) is 20.5 Å². The fourth-order valence-electron chi connectivity index (χ4n) is 2.87. The molecule has 0 fully saturated rings. The van der Waals surface area contributed by atoms with E-state index in [1.54, 1.807) is 31.3 Å². The molecule has 0 aliphatic rings. The highest BCUT2D eigenvalue weighted by molar-refractivity contribution is 5.97. The number of para-hydroxylation sites is 1. The van der Waals surface area contributed by atoms with Gasteiger partial charge >= 0.3 is 5.97 Å². The number of esters is 1. The predicted octanol–water partition coefficient (Wildman–Crippen LogP) is 3.70. The molecule has 0 spiro atoms. The summed E-state index contributed by atoms with van der Waals surface area (Å²) in [6.07, 6.45) is 0. The molecule has 0 atom stereocenters. The van der Waals surface area contributed by atoms with Gasteiger partial charge in [0.05, 0.1) is 23.9 Å². The van der Waals surface area contributed by atoms with Gasteiger partial charge in [-0.05, 0) is 44.2 Å². The Kier molecular flexibility index (Phi) is 6.92. The number of ether oxygens (including phenoxy) is 3. The lowest BCUT2D eigenvalue weighted by Crippen LogP contribution is -2.31. The van der Waals surface area contributed by atoms with Gasteiger partial charge in [0.1, 0.15) is 12.4 Å². The molecule has 8 heteroatoms. The fraction of sp³-hybridized carbons (Fsp3) is 0.261. The molecule has 1 heterocycles. The minimum atomic E-state index is -0.634. The van der Waals surface area contributed by atoms with Gasteiger partial charge in [-0.25, -0.2) is 4.79 Å². The Morgan fingerprint density at radius 3 is 2.45 bits per heavy atom. The van der Waals surface area contributed by atoms with Gasteiger partial charge in [-0.1, -0.05) is 23.4 Å². The lowest BCUT2D eigenvalue weighted by Gasteiger charge is -2.17. The largest absolute Gasteiger partial charge is 0.493 e. The van der Waals surface area contributed by atoms with E-state index in [9.17, 15) is 9.59 Å². The molecule has 0 saturated heterocycles. The minimum Gasteiger partial charge on any atom is -0.493 e. The average Bonchev–Trinajstić information content (AvgIpc) is 3.12. The van der Waals surface area contributed by atoms with Gasteiger partial charge in [-0.2, -0.15) is 0 Å². The Hall–Kier alpha value is -3.81. The smallest absolute Gasteiger partial charge is 0.338 e. The normalized spacial score (nSPS) is 10.5. The van der Waals surface area contributed by atoms with E-state index in [-0.39, 0.29) is 24.7 Å². The third-order valence-corrected chi connectivity index (χ3v) is 4.80. The zero-order chi connectivity index (χ0) is 22.4. The van der Waals surface area contributed by atoms with Gasteiger partial charge in [-0.15, -0.1) is 0 Å². The highest BCUT2D eigenvalue weighted by Crippen LogP contribution is 2.30. The maximum atomic E-state index is 12.4. The molecular formula is C23H24N2O6. The molecule has 0 bridgehead atoms. The Morgan fingerprint density at radius 1 is 1.06 bits per heavy atom. The maximum Gasteiger partial charge on any atom is 0.338 e. The maximum absolute atomic E-state index is 12.4. The Labute approximate surface area is 180 Å². The van der Waals surface area contributed by atoms with Crippen molar-refractivity contribution in [1.29, 1.82) is 0 Å². The first-order chi connectivity index (χ1) is 14.9. The quantitative estimate of drug-likeness (QED) is 0.509. The number of amides is 1. The number of likely N-dealkylation sites (N-methyl/N-ethyl adjacent to an activating group) is 1. The number of hydrogen-bond acceptors (Lipinski definition) is 7. The number of rotatable bonds is 8. The van der Waals surface area contributed by atoms with E-state index in [1.165, 1.54) is 18.1 Å². The summed E-state index contributed by atoms with van der Waals surface area (Å²) in [6, 6.07) is 13.8. The third-order valence-electron chi connectivity index (χ3n) is 4.80. The molecular weight excluding hydrogens is 400 g/mol. The number of nitrogens with zero attached hydrogens (tertiary/aromatic N) is 2. The van der Waals surface area contributed by atoms with Gasteiger partial charge in [0, 0.05) is 12.7 Å². The Balaban J connectivity index is 1.62. The zero-order valence-electron chi connectivity index (χ0n) is 17.9. The highest BCUT2D eigenvalue weighted by Gasteiger charge is 2.17. The second kappa shape index (κ2) is 9.80. The predicted molar refractivity (Wildman–Crippen MR) is 113 cm³/mol. The number of carbonyl (C=O) groups is 2. The van der Waals surface area contributed by atoms with Crippen molar-refractivity contribution >= 4 is 17.6 Å². The molecule has 0 aliphatic carbocycles. The van der Waals surface area contributed by atoms with Gasteiger partial charge in [0.25, 0.3) is 5.91 Å². The minimum absolute atomic E-state index is 0.247. The number of aryl methyl sites for hydroxylation is 2. The standard InChI is InChI=1S/C23H24N2O6/c1-15-19(16(2)31-24-15)13-29-20-11-10-17(12-21(20)28-4)23(27)30-14-22(26)25(3)18-8-6-5-7-9-18/h5-12H,13-14H2,1-4H3. The molecule has 0 saturated carbocycles. The molecule has 3 rings (SSSR count). The highest BCUT2D eigenvalue weighted by atomic mass is 16.5. The fourth-order valence-corrected chi connectivity index (χ4v) is 2.87. The van der Waals surface area contributed by atoms with Crippen molar-refractivity contribution in [2.24, 2.45) is 0 Å². The van der Waals surface area contributed by atoms with E-state index in [0.717, 1.165) is 11.3 Å². The van der Waals surface area contributed by atoms with Crippen LogP contribution in [-0.2, 0) is 16.1 Å². The van der Waals surface area contributed by atoms with Crippen molar-refractivity contribution in [3.63, 3.8) is 0 Å². The van der Waals surface area contributed by atoms with Crippen LogP contribution >= 0.6 is 0 Å². The molecule has 0 N–H and O–H groups in total. The summed E-state index contributed by atoms with van der Waals surface area (Å²) >= 11 is 0.